The van der Waals surface area contributed by atoms with Gasteiger partial charge in [0, 0.05) is 44.9 Å². The van der Waals surface area contributed by atoms with Crippen molar-refractivity contribution in [2.75, 3.05) is 39.3 Å². The number of rotatable bonds is 7. The zero-order valence-electron chi connectivity index (χ0n) is 18.9. The number of nitrogens with zero attached hydrogens (tertiary/aromatic N) is 2. The van der Waals surface area contributed by atoms with Crippen LogP contribution in [0.5, 0.6) is 0 Å². The molecule has 170 valence electrons. The fourth-order valence-corrected chi connectivity index (χ4v) is 5.34. The maximum Gasteiger partial charge on any atom is 0.253 e. The van der Waals surface area contributed by atoms with Gasteiger partial charge in [-0.15, -0.1) is 0 Å². The first-order valence-electron chi connectivity index (χ1n) is 12.2. The normalized spacial score (nSPS) is 23.8. The molecule has 2 atom stereocenters. The second kappa shape index (κ2) is 10.6. The Kier molecular flexibility index (Phi) is 7.62. The van der Waals surface area contributed by atoms with Crippen LogP contribution >= 0.6 is 0 Å². The van der Waals surface area contributed by atoms with Crippen LogP contribution in [-0.4, -0.2) is 73.1 Å². The highest BCUT2D eigenvalue weighted by atomic mass is 16.5. The van der Waals surface area contributed by atoms with Gasteiger partial charge in [0.1, 0.15) is 0 Å². The minimum absolute atomic E-state index is 0.0787. The molecular formula is C25H37N3O3. The van der Waals surface area contributed by atoms with E-state index in [4.69, 9.17) is 4.74 Å². The van der Waals surface area contributed by atoms with E-state index in [1.54, 1.807) is 0 Å². The number of nitrogens with one attached hydrogen (secondary N) is 1. The Morgan fingerprint density at radius 2 is 1.74 bits per heavy atom. The van der Waals surface area contributed by atoms with E-state index >= 15 is 0 Å². The molecule has 6 nitrogen and oxygen atoms in total. The van der Waals surface area contributed by atoms with Crippen LogP contribution < -0.4 is 5.32 Å². The molecule has 1 saturated carbocycles. The van der Waals surface area contributed by atoms with Crippen LogP contribution in [-0.2, 0) is 16.0 Å². The second-order valence-corrected chi connectivity index (χ2v) is 9.25. The Morgan fingerprint density at radius 3 is 2.35 bits per heavy atom. The van der Waals surface area contributed by atoms with E-state index in [2.05, 4.69) is 17.1 Å². The molecule has 0 radical (unpaired) electrons. The summed E-state index contributed by atoms with van der Waals surface area (Å²) in [4.78, 5) is 30.4. The standard InChI is InChI=1S/C25H37N3O3/c1-2-19-9-11-21(12-10-19)25(30)28-15-13-27(14-16-28)23(20-6-3-4-7-20)24(29)26-18-22-8-5-17-31-22/h9-12,20,22-23H,2-8,13-18H2,1H3,(H,26,29)/t22-,23+/m0/s1. The molecule has 2 saturated heterocycles. The highest BCUT2D eigenvalue weighted by Gasteiger charge is 2.37. The van der Waals surface area contributed by atoms with Crippen molar-refractivity contribution < 1.29 is 14.3 Å². The lowest BCUT2D eigenvalue weighted by Crippen LogP contribution is -2.58. The first-order chi connectivity index (χ1) is 15.2. The first-order valence-corrected chi connectivity index (χ1v) is 12.2. The molecule has 0 unspecified atom stereocenters. The lowest BCUT2D eigenvalue weighted by atomic mass is 9.94. The van der Waals surface area contributed by atoms with Gasteiger partial charge in [-0.05, 0) is 55.7 Å². The number of hydrogen-bond acceptors (Lipinski definition) is 4. The molecule has 2 aliphatic heterocycles. The fraction of sp³-hybridized carbons (Fsp3) is 0.680. The summed E-state index contributed by atoms with van der Waals surface area (Å²) >= 11 is 0. The van der Waals surface area contributed by atoms with E-state index in [0.29, 0.717) is 25.6 Å². The molecule has 0 aromatic heterocycles. The highest BCUT2D eigenvalue weighted by Crippen LogP contribution is 2.31. The largest absolute Gasteiger partial charge is 0.376 e. The van der Waals surface area contributed by atoms with Crippen LogP contribution in [0.25, 0.3) is 0 Å². The highest BCUT2D eigenvalue weighted by molar-refractivity contribution is 5.94. The maximum absolute atomic E-state index is 13.2. The third-order valence-corrected chi connectivity index (χ3v) is 7.25. The monoisotopic (exact) mass is 427 g/mol. The van der Waals surface area contributed by atoms with Gasteiger partial charge in [-0.3, -0.25) is 14.5 Å². The average molecular weight is 428 g/mol. The Bertz CT molecular complexity index is 731. The van der Waals surface area contributed by atoms with Crippen LogP contribution in [0, 0.1) is 5.92 Å². The summed E-state index contributed by atoms with van der Waals surface area (Å²) in [5.74, 6) is 0.674. The molecule has 0 bridgehead atoms. The smallest absolute Gasteiger partial charge is 0.253 e. The number of ether oxygens (including phenoxy) is 1. The predicted octanol–water partition coefficient (Wildman–Crippen LogP) is 2.86. The molecule has 2 amide bonds. The van der Waals surface area contributed by atoms with Gasteiger partial charge in [0.15, 0.2) is 0 Å². The van der Waals surface area contributed by atoms with Crippen molar-refractivity contribution in [2.24, 2.45) is 5.92 Å². The molecular weight excluding hydrogens is 390 g/mol. The third kappa shape index (κ3) is 5.47. The van der Waals surface area contributed by atoms with Crippen LogP contribution in [0.4, 0.5) is 0 Å². The van der Waals surface area contributed by atoms with Crippen molar-refractivity contribution in [3.8, 4) is 0 Å². The summed E-state index contributed by atoms with van der Waals surface area (Å²) < 4.78 is 5.68. The number of benzene rings is 1. The molecule has 0 spiro atoms. The van der Waals surface area contributed by atoms with Crippen molar-refractivity contribution in [3.63, 3.8) is 0 Å². The maximum atomic E-state index is 13.2. The van der Waals surface area contributed by atoms with Gasteiger partial charge in [0.25, 0.3) is 5.91 Å². The van der Waals surface area contributed by atoms with E-state index in [1.165, 1.54) is 18.4 Å². The van der Waals surface area contributed by atoms with Gasteiger partial charge in [0.05, 0.1) is 12.1 Å². The summed E-state index contributed by atoms with van der Waals surface area (Å²) in [6.45, 7) is 6.42. The van der Waals surface area contributed by atoms with Crippen molar-refractivity contribution in [3.05, 3.63) is 35.4 Å². The Labute approximate surface area is 186 Å². The van der Waals surface area contributed by atoms with Crippen LogP contribution in [0.2, 0.25) is 0 Å². The molecule has 3 aliphatic rings. The van der Waals surface area contributed by atoms with Crippen molar-refractivity contribution >= 4 is 11.8 Å². The van der Waals surface area contributed by atoms with Crippen molar-refractivity contribution in [1.82, 2.24) is 15.1 Å². The van der Waals surface area contributed by atoms with Gasteiger partial charge in [-0.2, -0.15) is 0 Å². The van der Waals surface area contributed by atoms with E-state index in [-0.39, 0.29) is 24.0 Å². The Morgan fingerprint density at radius 1 is 1.03 bits per heavy atom. The molecule has 1 aromatic carbocycles. The summed E-state index contributed by atoms with van der Waals surface area (Å²) in [7, 11) is 0. The summed E-state index contributed by atoms with van der Waals surface area (Å²) in [6.07, 6.45) is 7.95. The quantitative estimate of drug-likeness (QED) is 0.727. The molecule has 31 heavy (non-hydrogen) atoms. The lowest BCUT2D eigenvalue weighted by Gasteiger charge is -2.41. The van der Waals surface area contributed by atoms with Crippen LogP contribution in [0.15, 0.2) is 24.3 Å². The number of hydrogen-bond donors (Lipinski definition) is 1. The average Bonchev–Trinajstić information content (AvgIpc) is 3.53. The number of amides is 2. The minimum Gasteiger partial charge on any atom is -0.376 e. The first kappa shape index (κ1) is 22.3. The summed E-state index contributed by atoms with van der Waals surface area (Å²) in [6, 6.07) is 7.88. The van der Waals surface area contributed by atoms with Gasteiger partial charge in [-0.25, -0.2) is 0 Å². The second-order valence-electron chi connectivity index (χ2n) is 9.25. The van der Waals surface area contributed by atoms with Crippen LogP contribution in [0.3, 0.4) is 0 Å². The number of aryl methyl sites for hydroxylation is 1. The molecule has 1 N–H and O–H groups in total. The van der Waals surface area contributed by atoms with Gasteiger partial charge < -0.3 is 15.0 Å². The summed E-state index contributed by atoms with van der Waals surface area (Å²) in [5.41, 5.74) is 2.00. The van der Waals surface area contributed by atoms with Crippen molar-refractivity contribution in [1.29, 1.82) is 0 Å². The Hall–Kier alpha value is -1.92. The summed E-state index contributed by atoms with van der Waals surface area (Å²) in [5, 5.41) is 3.18. The van der Waals surface area contributed by atoms with Crippen molar-refractivity contribution in [2.45, 2.75) is 64.0 Å². The molecule has 1 aliphatic carbocycles. The van der Waals surface area contributed by atoms with Gasteiger partial charge in [-0.1, -0.05) is 31.9 Å². The zero-order chi connectivity index (χ0) is 21.6. The predicted molar refractivity (Wildman–Crippen MR) is 121 cm³/mol. The lowest BCUT2D eigenvalue weighted by molar-refractivity contribution is -0.129. The molecule has 1 aromatic rings. The van der Waals surface area contributed by atoms with E-state index in [9.17, 15) is 9.59 Å². The number of piperazine rings is 1. The van der Waals surface area contributed by atoms with E-state index in [1.807, 2.05) is 29.2 Å². The van der Waals surface area contributed by atoms with Gasteiger partial charge >= 0.3 is 0 Å². The molecule has 3 fully saturated rings. The van der Waals surface area contributed by atoms with Gasteiger partial charge in [0.2, 0.25) is 5.91 Å². The molecule has 6 heteroatoms. The number of carbonyl (C=O) groups excluding carboxylic acids is 2. The third-order valence-electron chi connectivity index (χ3n) is 7.25. The number of carbonyl (C=O) groups is 2. The molecule has 2 heterocycles. The SMILES string of the molecule is CCc1ccc(C(=O)N2CCN([C@@H](C(=O)NC[C@@H]3CCCO3)C3CCCC3)CC2)cc1. The van der Waals surface area contributed by atoms with Crippen LogP contribution in [0.1, 0.15) is 61.4 Å². The Balaban J connectivity index is 1.35. The topological polar surface area (TPSA) is 61.9 Å². The minimum atomic E-state index is -0.0787. The fourth-order valence-electron chi connectivity index (χ4n) is 5.34. The van der Waals surface area contributed by atoms with E-state index < -0.39 is 0 Å². The van der Waals surface area contributed by atoms with E-state index in [0.717, 1.165) is 57.4 Å². The molecule has 4 rings (SSSR count). The zero-order valence-corrected chi connectivity index (χ0v) is 18.9.